The van der Waals surface area contributed by atoms with Crippen LogP contribution >= 0.6 is 0 Å². The number of nitrogens with one attached hydrogen (secondary N) is 1. The highest BCUT2D eigenvalue weighted by Gasteiger charge is 2.27. The van der Waals surface area contributed by atoms with Gasteiger partial charge in [-0.1, -0.05) is 0 Å². The summed E-state index contributed by atoms with van der Waals surface area (Å²) in [5.41, 5.74) is 1.48. The van der Waals surface area contributed by atoms with Crippen molar-refractivity contribution in [1.82, 2.24) is 10.2 Å². The largest absolute Gasteiger partial charge is 0.359 e. The molecule has 0 atom stereocenters. The van der Waals surface area contributed by atoms with Crippen molar-refractivity contribution in [2.24, 2.45) is 5.92 Å². The molecule has 2 fully saturated rings. The zero-order valence-corrected chi connectivity index (χ0v) is 14.0. The normalized spacial score (nSPS) is 18.8. The molecule has 3 amide bonds. The van der Waals surface area contributed by atoms with Crippen molar-refractivity contribution in [3.63, 3.8) is 0 Å². The number of likely N-dealkylation sites (tertiary alicyclic amines) is 1. The fourth-order valence-electron chi connectivity index (χ4n) is 3.44. The predicted molar refractivity (Wildman–Crippen MR) is 90.7 cm³/mol. The summed E-state index contributed by atoms with van der Waals surface area (Å²) in [6, 6.07) is 7.25. The maximum atomic E-state index is 12.6. The number of nitrogens with zero attached hydrogens (tertiary/aromatic N) is 2. The number of hydrogen-bond donors (Lipinski definition) is 1. The van der Waals surface area contributed by atoms with Crippen LogP contribution in [0.15, 0.2) is 24.3 Å². The molecule has 1 N–H and O–H groups in total. The van der Waals surface area contributed by atoms with E-state index in [9.17, 15) is 14.4 Å². The van der Waals surface area contributed by atoms with Crippen LogP contribution in [-0.2, 0) is 9.59 Å². The standard InChI is InChI=1S/C18H23N3O3/c1-19-17(23)13-8-11-20(12-9-13)18(24)14-4-6-15(7-5-14)21-10-2-3-16(21)22/h4-7,13H,2-3,8-12H2,1H3,(H,19,23). The second-order valence-electron chi connectivity index (χ2n) is 6.38. The van der Waals surface area contributed by atoms with E-state index >= 15 is 0 Å². The first-order chi connectivity index (χ1) is 11.6. The third-order valence-electron chi connectivity index (χ3n) is 4.90. The van der Waals surface area contributed by atoms with Gasteiger partial charge in [0, 0.05) is 50.3 Å². The van der Waals surface area contributed by atoms with E-state index in [2.05, 4.69) is 5.32 Å². The summed E-state index contributed by atoms with van der Waals surface area (Å²) in [7, 11) is 1.65. The number of anilines is 1. The van der Waals surface area contributed by atoms with Gasteiger partial charge in [-0.25, -0.2) is 0 Å². The first-order valence-corrected chi connectivity index (χ1v) is 8.51. The van der Waals surface area contributed by atoms with Crippen molar-refractivity contribution in [1.29, 1.82) is 0 Å². The zero-order valence-electron chi connectivity index (χ0n) is 14.0. The maximum absolute atomic E-state index is 12.6. The molecule has 0 saturated carbocycles. The summed E-state index contributed by atoms with van der Waals surface area (Å²) < 4.78 is 0. The number of hydrogen-bond acceptors (Lipinski definition) is 3. The Morgan fingerprint density at radius 1 is 1.08 bits per heavy atom. The van der Waals surface area contributed by atoms with Crippen molar-refractivity contribution >= 4 is 23.4 Å². The van der Waals surface area contributed by atoms with Crippen LogP contribution in [-0.4, -0.2) is 49.3 Å². The molecule has 128 valence electrons. The SMILES string of the molecule is CNC(=O)C1CCN(C(=O)c2ccc(N3CCCC3=O)cc2)CC1. The first-order valence-electron chi connectivity index (χ1n) is 8.51. The summed E-state index contributed by atoms with van der Waals surface area (Å²) in [5.74, 6) is 0.194. The molecule has 2 saturated heterocycles. The summed E-state index contributed by atoms with van der Waals surface area (Å²) >= 11 is 0. The van der Waals surface area contributed by atoms with Crippen LogP contribution in [0.5, 0.6) is 0 Å². The quantitative estimate of drug-likeness (QED) is 0.911. The molecule has 24 heavy (non-hydrogen) atoms. The van der Waals surface area contributed by atoms with Gasteiger partial charge in [-0.3, -0.25) is 14.4 Å². The van der Waals surface area contributed by atoms with E-state index in [1.807, 2.05) is 12.1 Å². The Morgan fingerprint density at radius 3 is 2.29 bits per heavy atom. The highest BCUT2D eigenvalue weighted by atomic mass is 16.2. The Labute approximate surface area is 141 Å². The smallest absolute Gasteiger partial charge is 0.253 e. The molecule has 2 aliphatic heterocycles. The number of amides is 3. The molecule has 1 aromatic rings. The molecule has 0 radical (unpaired) electrons. The molecule has 0 spiro atoms. The Bertz CT molecular complexity index is 633. The Morgan fingerprint density at radius 2 is 1.75 bits per heavy atom. The molecule has 1 aromatic carbocycles. The number of carbonyl (C=O) groups excluding carboxylic acids is 3. The Hall–Kier alpha value is -2.37. The highest BCUT2D eigenvalue weighted by molar-refractivity contribution is 5.97. The highest BCUT2D eigenvalue weighted by Crippen LogP contribution is 2.23. The van der Waals surface area contributed by atoms with E-state index in [4.69, 9.17) is 0 Å². The van der Waals surface area contributed by atoms with Crippen molar-refractivity contribution in [3.8, 4) is 0 Å². The minimum Gasteiger partial charge on any atom is -0.359 e. The van der Waals surface area contributed by atoms with Gasteiger partial charge in [0.2, 0.25) is 11.8 Å². The third kappa shape index (κ3) is 3.27. The number of benzene rings is 1. The lowest BCUT2D eigenvalue weighted by molar-refractivity contribution is -0.125. The number of piperidine rings is 1. The Balaban J connectivity index is 1.61. The van der Waals surface area contributed by atoms with Crippen molar-refractivity contribution < 1.29 is 14.4 Å². The van der Waals surface area contributed by atoms with Crippen LogP contribution in [0.2, 0.25) is 0 Å². The van der Waals surface area contributed by atoms with Crippen LogP contribution in [0, 0.1) is 5.92 Å². The number of carbonyl (C=O) groups is 3. The molecular weight excluding hydrogens is 306 g/mol. The monoisotopic (exact) mass is 329 g/mol. The topological polar surface area (TPSA) is 69.7 Å². The third-order valence-corrected chi connectivity index (χ3v) is 4.90. The summed E-state index contributed by atoms with van der Waals surface area (Å²) in [6.07, 6.45) is 2.89. The van der Waals surface area contributed by atoms with Gasteiger partial charge in [-0.15, -0.1) is 0 Å². The Kier molecular flexibility index (Phi) is 4.83. The van der Waals surface area contributed by atoms with Crippen LogP contribution < -0.4 is 10.2 Å². The van der Waals surface area contributed by atoms with Gasteiger partial charge in [0.15, 0.2) is 0 Å². The van der Waals surface area contributed by atoms with Gasteiger partial charge >= 0.3 is 0 Å². The van der Waals surface area contributed by atoms with E-state index in [0.717, 1.165) is 18.7 Å². The molecule has 0 unspecified atom stereocenters. The van der Waals surface area contributed by atoms with Gasteiger partial charge in [-0.05, 0) is 43.5 Å². The first kappa shape index (κ1) is 16.5. The molecule has 3 rings (SSSR count). The van der Waals surface area contributed by atoms with Gasteiger partial charge in [-0.2, -0.15) is 0 Å². The van der Waals surface area contributed by atoms with Gasteiger partial charge in [0.1, 0.15) is 0 Å². The van der Waals surface area contributed by atoms with Crippen molar-refractivity contribution in [2.45, 2.75) is 25.7 Å². The van der Waals surface area contributed by atoms with Gasteiger partial charge in [0.05, 0.1) is 0 Å². The molecule has 0 aliphatic carbocycles. The second-order valence-corrected chi connectivity index (χ2v) is 6.38. The van der Waals surface area contributed by atoms with Crippen LogP contribution in [0.3, 0.4) is 0 Å². The number of rotatable bonds is 3. The zero-order chi connectivity index (χ0) is 17.1. The molecule has 6 heteroatoms. The van der Waals surface area contributed by atoms with E-state index in [1.165, 1.54) is 0 Å². The van der Waals surface area contributed by atoms with Crippen molar-refractivity contribution in [3.05, 3.63) is 29.8 Å². The average molecular weight is 329 g/mol. The van der Waals surface area contributed by atoms with Crippen molar-refractivity contribution in [2.75, 3.05) is 31.6 Å². The summed E-state index contributed by atoms with van der Waals surface area (Å²) in [6.45, 7) is 1.95. The average Bonchev–Trinajstić information content (AvgIpc) is 3.06. The fourth-order valence-corrected chi connectivity index (χ4v) is 3.44. The molecule has 0 aromatic heterocycles. The predicted octanol–water partition coefficient (Wildman–Crippen LogP) is 1.41. The second kappa shape index (κ2) is 7.03. The fraction of sp³-hybridized carbons (Fsp3) is 0.500. The summed E-state index contributed by atoms with van der Waals surface area (Å²) in [5, 5.41) is 2.67. The lowest BCUT2D eigenvalue weighted by Gasteiger charge is -2.31. The molecular formula is C18H23N3O3. The molecule has 6 nitrogen and oxygen atoms in total. The van der Waals surface area contributed by atoms with Crippen LogP contribution in [0.25, 0.3) is 0 Å². The molecule has 0 bridgehead atoms. The minimum absolute atomic E-state index is 0.00241. The van der Waals surface area contributed by atoms with Gasteiger partial charge < -0.3 is 15.1 Å². The van der Waals surface area contributed by atoms with Crippen LogP contribution in [0.4, 0.5) is 5.69 Å². The molecule has 2 aliphatic rings. The van der Waals surface area contributed by atoms with E-state index in [-0.39, 0.29) is 23.6 Å². The minimum atomic E-state index is -0.00958. The van der Waals surface area contributed by atoms with E-state index in [1.54, 1.807) is 29.0 Å². The summed E-state index contributed by atoms with van der Waals surface area (Å²) in [4.78, 5) is 39.6. The van der Waals surface area contributed by atoms with Crippen LogP contribution in [0.1, 0.15) is 36.0 Å². The van der Waals surface area contributed by atoms with E-state index < -0.39 is 0 Å². The lowest BCUT2D eigenvalue weighted by Crippen LogP contribution is -2.42. The lowest BCUT2D eigenvalue weighted by atomic mass is 9.95. The van der Waals surface area contributed by atoms with E-state index in [0.29, 0.717) is 37.9 Å². The molecule has 2 heterocycles. The maximum Gasteiger partial charge on any atom is 0.253 e. The van der Waals surface area contributed by atoms with Gasteiger partial charge in [0.25, 0.3) is 5.91 Å².